The average molecular weight is 202 g/mol. The molecule has 0 aliphatic heterocycles. The van der Waals surface area contributed by atoms with Gasteiger partial charge in [-0.15, -0.1) is 0 Å². The van der Waals surface area contributed by atoms with E-state index in [4.69, 9.17) is 17.3 Å². The molecule has 0 bridgehead atoms. The van der Waals surface area contributed by atoms with E-state index in [1.165, 1.54) is 12.1 Å². The number of hydrogen-bond acceptors (Lipinski definition) is 1. The van der Waals surface area contributed by atoms with Crippen LogP contribution in [-0.2, 0) is 6.42 Å². The molecular formula is C10H13ClFN. The Hall–Kier alpha value is -0.600. The molecule has 0 aliphatic carbocycles. The van der Waals surface area contributed by atoms with Crippen molar-refractivity contribution in [3.8, 4) is 0 Å². The molecule has 0 amide bonds. The topological polar surface area (TPSA) is 26.0 Å². The zero-order chi connectivity index (χ0) is 9.84. The highest BCUT2D eigenvalue weighted by Crippen LogP contribution is 2.21. The van der Waals surface area contributed by atoms with Crippen LogP contribution < -0.4 is 5.73 Å². The standard InChI is InChI=1S/C10H13ClFN/c1-7-8(3-2-4-13)5-9(12)6-10(7)11/h5-6H,2-4,13H2,1H3. The minimum atomic E-state index is -0.275. The molecule has 1 aromatic carbocycles. The first kappa shape index (κ1) is 10.5. The van der Waals surface area contributed by atoms with Crippen molar-refractivity contribution < 1.29 is 4.39 Å². The molecule has 0 aromatic heterocycles. The Labute approximate surface area is 82.7 Å². The zero-order valence-electron chi connectivity index (χ0n) is 7.61. The molecule has 0 heterocycles. The summed E-state index contributed by atoms with van der Waals surface area (Å²) in [6.45, 7) is 2.52. The number of hydrogen-bond donors (Lipinski definition) is 1. The Balaban J connectivity index is 2.92. The van der Waals surface area contributed by atoms with E-state index >= 15 is 0 Å². The average Bonchev–Trinajstić information content (AvgIpc) is 2.09. The maximum atomic E-state index is 12.9. The maximum absolute atomic E-state index is 12.9. The van der Waals surface area contributed by atoms with Crippen molar-refractivity contribution in [2.75, 3.05) is 6.54 Å². The van der Waals surface area contributed by atoms with E-state index in [-0.39, 0.29) is 5.82 Å². The molecule has 0 spiro atoms. The fourth-order valence-electron chi connectivity index (χ4n) is 1.25. The highest BCUT2D eigenvalue weighted by atomic mass is 35.5. The molecule has 2 N–H and O–H groups in total. The third-order valence-electron chi connectivity index (χ3n) is 2.07. The second kappa shape index (κ2) is 4.58. The van der Waals surface area contributed by atoms with Crippen molar-refractivity contribution in [2.24, 2.45) is 5.73 Å². The molecule has 0 fully saturated rings. The van der Waals surface area contributed by atoms with Crippen LogP contribution in [0, 0.1) is 12.7 Å². The lowest BCUT2D eigenvalue weighted by atomic mass is 10.0. The van der Waals surface area contributed by atoms with Crippen molar-refractivity contribution in [3.63, 3.8) is 0 Å². The maximum Gasteiger partial charge on any atom is 0.124 e. The van der Waals surface area contributed by atoms with Gasteiger partial charge in [0.1, 0.15) is 5.82 Å². The third-order valence-corrected chi connectivity index (χ3v) is 2.46. The van der Waals surface area contributed by atoms with Gasteiger partial charge in [-0.3, -0.25) is 0 Å². The van der Waals surface area contributed by atoms with Gasteiger partial charge in [0.05, 0.1) is 0 Å². The quantitative estimate of drug-likeness (QED) is 0.800. The predicted octanol–water partition coefficient (Wildman–Crippen LogP) is 2.68. The zero-order valence-corrected chi connectivity index (χ0v) is 8.37. The van der Waals surface area contributed by atoms with E-state index in [9.17, 15) is 4.39 Å². The molecule has 0 aliphatic rings. The summed E-state index contributed by atoms with van der Waals surface area (Å²) in [6, 6.07) is 2.86. The molecule has 1 aromatic rings. The first-order valence-electron chi connectivity index (χ1n) is 4.29. The molecule has 0 atom stereocenters. The van der Waals surface area contributed by atoms with Crippen molar-refractivity contribution in [3.05, 3.63) is 34.1 Å². The molecule has 1 rings (SSSR count). The lowest BCUT2D eigenvalue weighted by molar-refractivity contribution is 0.624. The Morgan fingerprint density at radius 2 is 2.15 bits per heavy atom. The van der Waals surface area contributed by atoms with Crippen LogP contribution >= 0.6 is 11.6 Å². The van der Waals surface area contributed by atoms with Crippen LogP contribution in [0.2, 0.25) is 5.02 Å². The van der Waals surface area contributed by atoms with Gasteiger partial charge in [0.25, 0.3) is 0 Å². The molecule has 3 heteroatoms. The minimum Gasteiger partial charge on any atom is -0.330 e. The normalized spacial score (nSPS) is 10.5. The first-order chi connectivity index (χ1) is 6.15. The first-order valence-corrected chi connectivity index (χ1v) is 4.67. The van der Waals surface area contributed by atoms with E-state index in [1.807, 2.05) is 6.92 Å². The van der Waals surface area contributed by atoms with Gasteiger partial charge in [0.2, 0.25) is 0 Å². The Bertz CT molecular complexity index is 299. The van der Waals surface area contributed by atoms with Crippen LogP contribution in [0.3, 0.4) is 0 Å². The van der Waals surface area contributed by atoms with Gasteiger partial charge in [-0.25, -0.2) is 4.39 Å². The lowest BCUT2D eigenvalue weighted by Gasteiger charge is -2.06. The lowest BCUT2D eigenvalue weighted by Crippen LogP contribution is -2.02. The Morgan fingerprint density at radius 3 is 2.77 bits per heavy atom. The summed E-state index contributed by atoms with van der Waals surface area (Å²) in [7, 11) is 0. The smallest absolute Gasteiger partial charge is 0.124 e. The molecule has 0 unspecified atom stereocenters. The Kier molecular flexibility index (Phi) is 3.70. The second-order valence-corrected chi connectivity index (χ2v) is 3.47. The summed E-state index contributed by atoms with van der Waals surface area (Å²) in [4.78, 5) is 0. The summed E-state index contributed by atoms with van der Waals surface area (Å²) < 4.78 is 12.9. The molecule has 0 radical (unpaired) electrons. The monoisotopic (exact) mass is 201 g/mol. The van der Waals surface area contributed by atoms with Gasteiger partial charge in [-0.1, -0.05) is 11.6 Å². The minimum absolute atomic E-state index is 0.275. The Morgan fingerprint density at radius 1 is 1.46 bits per heavy atom. The predicted molar refractivity (Wildman–Crippen MR) is 53.5 cm³/mol. The summed E-state index contributed by atoms with van der Waals surface area (Å²) in [6.07, 6.45) is 1.65. The van der Waals surface area contributed by atoms with Crippen molar-refractivity contribution in [1.29, 1.82) is 0 Å². The van der Waals surface area contributed by atoms with Gasteiger partial charge in [0, 0.05) is 5.02 Å². The third kappa shape index (κ3) is 2.68. The molecule has 72 valence electrons. The van der Waals surface area contributed by atoms with Gasteiger partial charge in [-0.05, 0) is 49.6 Å². The fourth-order valence-corrected chi connectivity index (χ4v) is 1.48. The van der Waals surface area contributed by atoms with Gasteiger partial charge in [0.15, 0.2) is 0 Å². The number of nitrogens with two attached hydrogens (primary N) is 1. The van der Waals surface area contributed by atoms with Crippen molar-refractivity contribution in [1.82, 2.24) is 0 Å². The van der Waals surface area contributed by atoms with Crippen LogP contribution in [0.5, 0.6) is 0 Å². The summed E-state index contributed by atoms with van der Waals surface area (Å²) >= 11 is 5.83. The highest BCUT2D eigenvalue weighted by Gasteiger charge is 2.04. The summed E-state index contributed by atoms with van der Waals surface area (Å²) in [5.41, 5.74) is 7.29. The number of benzene rings is 1. The molecule has 1 nitrogen and oxygen atoms in total. The summed E-state index contributed by atoms with van der Waals surface area (Å²) in [5.74, 6) is -0.275. The molecule has 0 saturated carbocycles. The van der Waals surface area contributed by atoms with Gasteiger partial charge >= 0.3 is 0 Å². The van der Waals surface area contributed by atoms with Crippen LogP contribution in [0.1, 0.15) is 17.5 Å². The molecule has 13 heavy (non-hydrogen) atoms. The highest BCUT2D eigenvalue weighted by molar-refractivity contribution is 6.31. The van der Waals surface area contributed by atoms with E-state index in [0.29, 0.717) is 11.6 Å². The van der Waals surface area contributed by atoms with Crippen LogP contribution in [0.4, 0.5) is 4.39 Å². The van der Waals surface area contributed by atoms with E-state index < -0.39 is 0 Å². The fraction of sp³-hybridized carbons (Fsp3) is 0.400. The SMILES string of the molecule is Cc1c(Cl)cc(F)cc1CCCN. The van der Waals surface area contributed by atoms with Crippen LogP contribution in [0.15, 0.2) is 12.1 Å². The second-order valence-electron chi connectivity index (χ2n) is 3.06. The van der Waals surface area contributed by atoms with E-state index in [2.05, 4.69) is 0 Å². The number of aryl methyl sites for hydroxylation is 1. The molecular weight excluding hydrogens is 189 g/mol. The van der Waals surface area contributed by atoms with Crippen molar-refractivity contribution in [2.45, 2.75) is 19.8 Å². The molecule has 0 saturated heterocycles. The largest absolute Gasteiger partial charge is 0.330 e. The summed E-state index contributed by atoms with van der Waals surface area (Å²) in [5, 5.41) is 0.493. The van der Waals surface area contributed by atoms with Crippen LogP contribution in [0.25, 0.3) is 0 Å². The van der Waals surface area contributed by atoms with Gasteiger partial charge < -0.3 is 5.73 Å². The number of halogens is 2. The van der Waals surface area contributed by atoms with Crippen LogP contribution in [-0.4, -0.2) is 6.54 Å². The van der Waals surface area contributed by atoms with Gasteiger partial charge in [-0.2, -0.15) is 0 Å². The number of rotatable bonds is 3. The van der Waals surface area contributed by atoms with E-state index in [1.54, 1.807) is 0 Å². The van der Waals surface area contributed by atoms with E-state index in [0.717, 1.165) is 24.0 Å². The van der Waals surface area contributed by atoms with Crippen molar-refractivity contribution >= 4 is 11.6 Å².